The minimum absolute atomic E-state index is 0.0680. The second-order valence-corrected chi connectivity index (χ2v) is 4.15. The van der Waals surface area contributed by atoms with Crippen LogP contribution in [-0.4, -0.2) is 34.7 Å². The van der Waals surface area contributed by atoms with E-state index in [1.807, 2.05) is 0 Å². The largest absolute Gasteiger partial charge is 0.452 e. The van der Waals surface area contributed by atoms with Crippen LogP contribution >= 0.6 is 0 Å². The topological polar surface area (TPSA) is 127 Å². The van der Waals surface area contributed by atoms with Crippen LogP contribution in [0, 0.1) is 5.82 Å². The lowest BCUT2D eigenvalue weighted by molar-refractivity contribution is -0.123. The normalized spacial score (nSPS) is 10.0. The second kappa shape index (κ2) is 6.48. The zero-order valence-electron chi connectivity index (χ0n) is 11.1. The Balaban J connectivity index is 2.08. The van der Waals surface area contributed by atoms with Crippen LogP contribution in [0.1, 0.15) is 10.4 Å². The lowest BCUT2D eigenvalue weighted by Crippen LogP contribution is -2.37. The number of carbonyl (C=O) groups is 3. The molecule has 1 heterocycles. The van der Waals surface area contributed by atoms with E-state index in [-0.39, 0.29) is 5.56 Å². The van der Waals surface area contributed by atoms with E-state index in [1.165, 1.54) is 30.5 Å². The van der Waals surface area contributed by atoms with Gasteiger partial charge in [0, 0.05) is 5.56 Å². The Morgan fingerprint density at radius 2 is 1.95 bits per heavy atom. The SMILES string of the molecule is NC(=O)NC(=O)COC(=O)c1cn[nH]c1-c1ccc(F)cc1. The maximum Gasteiger partial charge on any atom is 0.342 e. The van der Waals surface area contributed by atoms with Gasteiger partial charge in [-0.2, -0.15) is 5.10 Å². The smallest absolute Gasteiger partial charge is 0.342 e. The van der Waals surface area contributed by atoms with Crippen LogP contribution in [0.25, 0.3) is 11.3 Å². The van der Waals surface area contributed by atoms with E-state index in [0.717, 1.165) is 0 Å². The third kappa shape index (κ3) is 3.66. The van der Waals surface area contributed by atoms with Crippen molar-refractivity contribution in [1.29, 1.82) is 0 Å². The first-order valence-electron chi connectivity index (χ1n) is 6.03. The highest BCUT2D eigenvalue weighted by molar-refractivity contribution is 5.98. The molecule has 0 saturated carbocycles. The highest BCUT2D eigenvalue weighted by Gasteiger charge is 2.18. The molecule has 0 aliphatic heterocycles. The number of hydrogen-bond donors (Lipinski definition) is 3. The maximum absolute atomic E-state index is 12.9. The summed E-state index contributed by atoms with van der Waals surface area (Å²) in [5, 5.41) is 8.07. The number of imide groups is 1. The number of aromatic nitrogens is 2. The number of carbonyl (C=O) groups excluding carboxylic acids is 3. The molecule has 22 heavy (non-hydrogen) atoms. The van der Waals surface area contributed by atoms with Gasteiger partial charge >= 0.3 is 12.0 Å². The molecule has 0 unspecified atom stereocenters. The van der Waals surface area contributed by atoms with Gasteiger partial charge in [0.1, 0.15) is 11.4 Å². The average Bonchev–Trinajstić information content (AvgIpc) is 2.94. The van der Waals surface area contributed by atoms with Crippen LogP contribution in [0.15, 0.2) is 30.5 Å². The summed E-state index contributed by atoms with van der Waals surface area (Å²) in [6, 6.07) is 4.33. The van der Waals surface area contributed by atoms with E-state index >= 15 is 0 Å². The summed E-state index contributed by atoms with van der Waals surface area (Å²) in [5.41, 5.74) is 5.66. The number of halogens is 1. The van der Waals surface area contributed by atoms with E-state index in [9.17, 15) is 18.8 Å². The van der Waals surface area contributed by atoms with Crippen LogP contribution in [0.2, 0.25) is 0 Å². The zero-order chi connectivity index (χ0) is 16.1. The fourth-order valence-electron chi connectivity index (χ4n) is 1.66. The molecular weight excluding hydrogens is 295 g/mol. The van der Waals surface area contributed by atoms with Crippen molar-refractivity contribution in [2.75, 3.05) is 6.61 Å². The third-order valence-corrected chi connectivity index (χ3v) is 2.59. The van der Waals surface area contributed by atoms with Gasteiger partial charge < -0.3 is 10.5 Å². The molecule has 0 fully saturated rings. The molecule has 4 N–H and O–H groups in total. The molecule has 0 atom stereocenters. The molecule has 9 heteroatoms. The first-order chi connectivity index (χ1) is 10.5. The van der Waals surface area contributed by atoms with E-state index < -0.39 is 30.3 Å². The number of ether oxygens (including phenoxy) is 1. The van der Waals surface area contributed by atoms with Gasteiger partial charge in [0.15, 0.2) is 6.61 Å². The van der Waals surface area contributed by atoms with Crippen molar-refractivity contribution >= 4 is 17.9 Å². The number of nitrogens with one attached hydrogen (secondary N) is 2. The van der Waals surface area contributed by atoms with Gasteiger partial charge in [0.25, 0.3) is 5.91 Å². The zero-order valence-corrected chi connectivity index (χ0v) is 11.1. The maximum atomic E-state index is 12.9. The monoisotopic (exact) mass is 306 g/mol. The number of nitrogens with two attached hydrogens (primary N) is 1. The Morgan fingerprint density at radius 3 is 2.59 bits per heavy atom. The number of aromatic amines is 1. The van der Waals surface area contributed by atoms with Crippen LogP contribution in [0.3, 0.4) is 0 Å². The first kappa shape index (κ1) is 15.2. The van der Waals surface area contributed by atoms with Crippen LogP contribution in [-0.2, 0) is 9.53 Å². The summed E-state index contributed by atoms with van der Waals surface area (Å²) >= 11 is 0. The van der Waals surface area contributed by atoms with Crippen molar-refractivity contribution in [1.82, 2.24) is 15.5 Å². The quantitative estimate of drug-likeness (QED) is 0.711. The van der Waals surface area contributed by atoms with Crippen molar-refractivity contribution in [2.24, 2.45) is 5.73 Å². The number of H-pyrrole nitrogens is 1. The molecule has 8 nitrogen and oxygen atoms in total. The molecule has 2 rings (SSSR count). The van der Waals surface area contributed by atoms with Gasteiger partial charge in [0.2, 0.25) is 0 Å². The van der Waals surface area contributed by atoms with E-state index in [0.29, 0.717) is 11.3 Å². The number of esters is 1. The molecule has 0 aliphatic rings. The lowest BCUT2D eigenvalue weighted by atomic mass is 10.1. The van der Waals surface area contributed by atoms with Crippen molar-refractivity contribution in [3.05, 3.63) is 41.8 Å². The predicted molar refractivity (Wildman–Crippen MR) is 72.0 cm³/mol. The van der Waals surface area contributed by atoms with Crippen molar-refractivity contribution in [2.45, 2.75) is 0 Å². The molecule has 0 bridgehead atoms. The summed E-state index contributed by atoms with van der Waals surface area (Å²) in [5.74, 6) is -2.10. The Hall–Kier alpha value is -3.23. The molecule has 1 aromatic heterocycles. The Labute approximate surface area is 123 Å². The summed E-state index contributed by atoms with van der Waals surface area (Å²) in [7, 11) is 0. The fourth-order valence-corrected chi connectivity index (χ4v) is 1.66. The summed E-state index contributed by atoms with van der Waals surface area (Å²) in [6.07, 6.45) is 1.22. The molecule has 0 spiro atoms. The lowest BCUT2D eigenvalue weighted by Gasteiger charge is -2.05. The molecular formula is C13H11FN4O4. The first-order valence-corrected chi connectivity index (χ1v) is 6.03. The minimum atomic E-state index is -1.05. The Morgan fingerprint density at radius 1 is 1.27 bits per heavy atom. The van der Waals surface area contributed by atoms with Gasteiger partial charge in [-0.05, 0) is 24.3 Å². The molecule has 0 radical (unpaired) electrons. The third-order valence-electron chi connectivity index (χ3n) is 2.59. The minimum Gasteiger partial charge on any atom is -0.452 e. The van der Waals surface area contributed by atoms with Crippen LogP contribution < -0.4 is 11.1 Å². The van der Waals surface area contributed by atoms with Crippen LogP contribution in [0.4, 0.5) is 9.18 Å². The number of amides is 3. The van der Waals surface area contributed by atoms with E-state index in [2.05, 4.69) is 10.2 Å². The Kier molecular flexibility index (Phi) is 4.47. The van der Waals surface area contributed by atoms with Gasteiger partial charge in [-0.1, -0.05) is 0 Å². The summed E-state index contributed by atoms with van der Waals surface area (Å²) in [4.78, 5) is 33.5. The second-order valence-electron chi connectivity index (χ2n) is 4.15. The fraction of sp³-hybridized carbons (Fsp3) is 0.0769. The Bertz CT molecular complexity index is 711. The van der Waals surface area contributed by atoms with Crippen molar-refractivity contribution in [3.63, 3.8) is 0 Å². The van der Waals surface area contributed by atoms with Crippen molar-refractivity contribution in [3.8, 4) is 11.3 Å². The molecule has 3 amide bonds. The number of nitrogens with zero attached hydrogens (tertiary/aromatic N) is 1. The van der Waals surface area contributed by atoms with E-state index in [1.54, 1.807) is 5.32 Å². The highest BCUT2D eigenvalue weighted by atomic mass is 19.1. The summed E-state index contributed by atoms with van der Waals surface area (Å²) < 4.78 is 17.6. The molecule has 2 aromatic rings. The van der Waals surface area contributed by atoms with Gasteiger partial charge in [-0.15, -0.1) is 0 Å². The predicted octanol–water partition coefficient (Wildman–Crippen LogP) is 0.568. The van der Waals surface area contributed by atoms with Gasteiger partial charge in [-0.25, -0.2) is 14.0 Å². The average molecular weight is 306 g/mol. The summed E-state index contributed by atoms with van der Waals surface area (Å²) in [6.45, 7) is -0.671. The number of primary amides is 1. The number of urea groups is 1. The van der Waals surface area contributed by atoms with Crippen LogP contribution in [0.5, 0.6) is 0 Å². The highest BCUT2D eigenvalue weighted by Crippen LogP contribution is 2.21. The molecule has 114 valence electrons. The molecule has 1 aromatic carbocycles. The van der Waals surface area contributed by atoms with E-state index in [4.69, 9.17) is 10.5 Å². The van der Waals surface area contributed by atoms with Gasteiger partial charge in [0.05, 0.1) is 11.9 Å². The van der Waals surface area contributed by atoms with Crippen molar-refractivity contribution < 1.29 is 23.5 Å². The number of hydrogen-bond acceptors (Lipinski definition) is 5. The number of rotatable bonds is 4. The number of benzene rings is 1. The van der Waals surface area contributed by atoms with Gasteiger partial charge in [-0.3, -0.25) is 15.2 Å². The molecule has 0 saturated heterocycles. The standard InChI is InChI=1S/C13H11FN4O4/c14-8-3-1-7(2-4-8)11-9(5-16-18-11)12(20)22-6-10(19)17-13(15)21/h1-5H,6H2,(H,16,18)(H3,15,17,19,21). The molecule has 0 aliphatic carbocycles.